The Hall–Kier alpha value is -2.94. The molecule has 1 aliphatic heterocycles. The molecule has 0 spiro atoms. The van der Waals surface area contributed by atoms with Gasteiger partial charge < -0.3 is 14.9 Å². The topological polar surface area (TPSA) is 102 Å². The summed E-state index contributed by atoms with van der Waals surface area (Å²) in [6.07, 6.45) is -0.687. The predicted octanol–water partition coefficient (Wildman–Crippen LogP) is 2.94. The molecule has 0 saturated carbocycles. The maximum Gasteiger partial charge on any atom is 0.408 e. The summed E-state index contributed by atoms with van der Waals surface area (Å²) in [7, 11) is 0. The third-order valence-corrected chi connectivity index (χ3v) is 5.16. The molecule has 9 heteroatoms. The third-order valence-electron chi connectivity index (χ3n) is 4.15. The molecule has 1 unspecified atom stereocenters. The van der Waals surface area contributed by atoms with Crippen molar-refractivity contribution in [3.05, 3.63) is 35.2 Å². The highest BCUT2D eigenvalue weighted by Gasteiger charge is 2.36. The van der Waals surface area contributed by atoms with Crippen molar-refractivity contribution in [3.63, 3.8) is 0 Å². The minimum atomic E-state index is -1.14. The van der Waals surface area contributed by atoms with Gasteiger partial charge in [0.15, 0.2) is 0 Å². The molecule has 1 aromatic carbocycles. The monoisotopic (exact) mass is 418 g/mol. The Labute approximate surface area is 171 Å². The number of nitrogens with one attached hydrogen (secondary N) is 1. The summed E-state index contributed by atoms with van der Waals surface area (Å²) in [5.41, 5.74) is 0.0804. The van der Waals surface area contributed by atoms with Crippen LogP contribution in [0.3, 0.4) is 0 Å². The average Bonchev–Trinajstić information content (AvgIpc) is 3.18. The molecule has 2 aromatic rings. The molecule has 8 nitrogen and oxygen atoms in total. The van der Waals surface area contributed by atoms with E-state index in [0.29, 0.717) is 5.06 Å². The number of hydroxylamine groups is 2. The third kappa shape index (κ3) is 5.11. The van der Waals surface area contributed by atoms with E-state index in [1.807, 2.05) is 29.6 Å². The van der Waals surface area contributed by atoms with E-state index in [1.165, 1.54) is 11.3 Å². The number of hydrogen-bond donors (Lipinski definition) is 1. The van der Waals surface area contributed by atoms with Gasteiger partial charge in [0.05, 0.1) is 0 Å². The first-order valence-electron chi connectivity index (χ1n) is 9.16. The van der Waals surface area contributed by atoms with Crippen LogP contribution < -0.4 is 5.32 Å². The Bertz CT molecular complexity index is 945. The fraction of sp³-hybridized carbons (Fsp3) is 0.400. The molecule has 1 fully saturated rings. The number of alkyl carbamates (subject to hydrolysis) is 1. The number of rotatable bonds is 5. The molecule has 2 heterocycles. The molecule has 154 valence electrons. The van der Waals surface area contributed by atoms with Gasteiger partial charge in [-0.15, -0.1) is 16.4 Å². The highest BCUT2D eigenvalue weighted by molar-refractivity contribution is 7.17. The average molecular weight is 418 g/mol. The molecule has 0 aliphatic carbocycles. The quantitative estimate of drug-likeness (QED) is 0.749. The number of amides is 3. The van der Waals surface area contributed by atoms with Crippen LogP contribution in [0.5, 0.6) is 0 Å². The molecule has 29 heavy (non-hydrogen) atoms. The Morgan fingerprint density at radius 3 is 2.48 bits per heavy atom. The van der Waals surface area contributed by atoms with E-state index in [-0.39, 0.29) is 19.3 Å². The fourth-order valence-corrected chi connectivity index (χ4v) is 3.84. The van der Waals surface area contributed by atoms with Crippen molar-refractivity contribution < 1.29 is 28.8 Å². The van der Waals surface area contributed by atoms with Gasteiger partial charge in [0.2, 0.25) is 0 Å². The minimum Gasteiger partial charge on any atom is -0.444 e. The summed E-state index contributed by atoms with van der Waals surface area (Å²) in [4.78, 5) is 53.5. The van der Waals surface area contributed by atoms with Crippen LogP contribution in [0, 0.1) is 0 Å². The number of fused-ring (bicyclic) bond motifs is 1. The fourth-order valence-electron chi connectivity index (χ4n) is 2.87. The Morgan fingerprint density at radius 2 is 1.83 bits per heavy atom. The predicted molar refractivity (Wildman–Crippen MR) is 106 cm³/mol. The number of thiophene rings is 1. The second-order valence-corrected chi connectivity index (χ2v) is 8.56. The summed E-state index contributed by atoms with van der Waals surface area (Å²) in [6.45, 7) is 5.11. The van der Waals surface area contributed by atoms with Crippen LogP contribution in [-0.2, 0) is 30.4 Å². The number of imide groups is 1. The lowest BCUT2D eigenvalue weighted by Crippen LogP contribution is -2.47. The van der Waals surface area contributed by atoms with Gasteiger partial charge in [-0.1, -0.05) is 18.2 Å². The van der Waals surface area contributed by atoms with Crippen molar-refractivity contribution in [2.75, 3.05) is 0 Å². The van der Waals surface area contributed by atoms with Crippen LogP contribution in [0.4, 0.5) is 4.79 Å². The number of carbonyl (C=O) groups is 4. The van der Waals surface area contributed by atoms with Crippen molar-refractivity contribution >= 4 is 45.3 Å². The van der Waals surface area contributed by atoms with Crippen LogP contribution in [0.2, 0.25) is 0 Å². The molecular formula is C20H22N2O6S. The number of nitrogens with zero attached hydrogens (tertiary/aromatic N) is 1. The highest BCUT2D eigenvalue weighted by Crippen LogP contribution is 2.27. The van der Waals surface area contributed by atoms with Crippen molar-refractivity contribution in [3.8, 4) is 0 Å². The van der Waals surface area contributed by atoms with Gasteiger partial charge in [0.1, 0.15) is 11.6 Å². The first kappa shape index (κ1) is 20.8. The van der Waals surface area contributed by atoms with E-state index in [0.717, 1.165) is 15.6 Å². The van der Waals surface area contributed by atoms with E-state index in [1.54, 1.807) is 20.8 Å². The second kappa shape index (κ2) is 8.20. The van der Waals surface area contributed by atoms with Crippen molar-refractivity contribution in [2.45, 2.75) is 51.7 Å². The normalized spacial score (nSPS) is 15.5. The Morgan fingerprint density at radius 1 is 1.17 bits per heavy atom. The lowest BCUT2D eigenvalue weighted by Gasteiger charge is -2.23. The number of hydrogen-bond acceptors (Lipinski definition) is 7. The molecule has 1 N–H and O–H groups in total. The molecule has 1 saturated heterocycles. The Balaban J connectivity index is 1.80. The lowest BCUT2D eigenvalue weighted by atomic mass is 10.1. The van der Waals surface area contributed by atoms with Gasteiger partial charge in [-0.25, -0.2) is 9.59 Å². The Kier molecular flexibility index (Phi) is 5.88. The zero-order valence-corrected chi connectivity index (χ0v) is 17.2. The maximum absolute atomic E-state index is 12.7. The summed E-state index contributed by atoms with van der Waals surface area (Å²) >= 11 is 1.52. The van der Waals surface area contributed by atoms with Gasteiger partial charge in [0.25, 0.3) is 11.8 Å². The summed E-state index contributed by atoms with van der Waals surface area (Å²) in [5, 5.41) is 5.82. The molecule has 1 aromatic heterocycles. The van der Waals surface area contributed by atoms with Crippen LogP contribution in [0.1, 0.15) is 39.2 Å². The number of ether oxygens (including phenoxy) is 1. The van der Waals surface area contributed by atoms with E-state index < -0.39 is 35.5 Å². The van der Waals surface area contributed by atoms with Gasteiger partial charge in [0, 0.05) is 24.0 Å². The van der Waals surface area contributed by atoms with Crippen LogP contribution in [0.25, 0.3) is 10.1 Å². The lowest BCUT2D eigenvalue weighted by molar-refractivity contribution is -0.198. The largest absolute Gasteiger partial charge is 0.444 e. The second-order valence-electron chi connectivity index (χ2n) is 7.65. The standard InChI is InChI=1S/C20H22N2O6S/c1-20(2,3)27-19(26)21-14(18(25)28-22-16(23)8-9-17(22)24)10-12-11-29-15-7-5-4-6-13(12)15/h4-7,11,14H,8-10H2,1-3H3,(H,21,26). The molecule has 0 bridgehead atoms. The van der Waals surface area contributed by atoms with Gasteiger partial charge >= 0.3 is 12.1 Å². The summed E-state index contributed by atoms with van der Waals surface area (Å²) in [5.74, 6) is -2.07. The van der Waals surface area contributed by atoms with Gasteiger partial charge in [-0.05, 0) is 43.2 Å². The van der Waals surface area contributed by atoms with Crippen LogP contribution in [0.15, 0.2) is 29.6 Å². The van der Waals surface area contributed by atoms with Crippen molar-refractivity contribution in [2.24, 2.45) is 0 Å². The number of benzene rings is 1. The van der Waals surface area contributed by atoms with Crippen LogP contribution in [-0.4, -0.2) is 40.6 Å². The smallest absolute Gasteiger partial charge is 0.408 e. The minimum absolute atomic E-state index is 0.00849. The first-order valence-corrected chi connectivity index (χ1v) is 10.0. The zero-order valence-electron chi connectivity index (χ0n) is 16.4. The maximum atomic E-state index is 12.7. The molecule has 3 rings (SSSR count). The molecule has 1 atom stereocenters. The number of carbonyl (C=O) groups excluding carboxylic acids is 4. The van der Waals surface area contributed by atoms with E-state index >= 15 is 0 Å². The molecule has 0 radical (unpaired) electrons. The first-order chi connectivity index (χ1) is 13.6. The van der Waals surface area contributed by atoms with Crippen molar-refractivity contribution in [1.82, 2.24) is 10.4 Å². The van der Waals surface area contributed by atoms with E-state index in [2.05, 4.69) is 5.32 Å². The van der Waals surface area contributed by atoms with E-state index in [9.17, 15) is 19.2 Å². The molecule has 3 amide bonds. The van der Waals surface area contributed by atoms with E-state index in [4.69, 9.17) is 9.57 Å². The summed E-state index contributed by atoms with van der Waals surface area (Å²) < 4.78 is 6.27. The van der Waals surface area contributed by atoms with Crippen LogP contribution >= 0.6 is 11.3 Å². The molecule has 1 aliphatic rings. The summed E-state index contributed by atoms with van der Waals surface area (Å²) in [6, 6.07) is 6.54. The van der Waals surface area contributed by atoms with Gasteiger partial charge in [-0.2, -0.15) is 0 Å². The SMILES string of the molecule is CC(C)(C)OC(=O)NC(Cc1csc2ccccc12)C(=O)ON1C(=O)CCC1=O. The van der Waals surface area contributed by atoms with Gasteiger partial charge in [-0.3, -0.25) is 9.59 Å². The van der Waals surface area contributed by atoms with Crippen molar-refractivity contribution in [1.29, 1.82) is 0 Å². The highest BCUT2D eigenvalue weighted by atomic mass is 32.1. The molecular weight excluding hydrogens is 396 g/mol. The zero-order chi connectivity index (χ0) is 21.2.